The molecule has 0 aliphatic rings. The van der Waals surface area contributed by atoms with Gasteiger partial charge < -0.3 is 9.72 Å². The van der Waals surface area contributed by atoms with Gasteiger partial charge in [-0.1, -0.05) is 12.2 Å². The number of nitrogens with one attached hydrogen (secondary N) is 1. The molecule has 1 aromatic heterocycles. The minimum absolute atomic E-state index is 0.723. The second kappa shape index (κ2) is 2.84. The molecule has 0 aliphatic heterocycles. The normalized spacial score (nSPS) is 9.40. The summed E-state index contributed by atoms with van der Waals surface area (Å²) in [5.74, 6) is 0.723. The molecular formula is C7H9NOS. The SMILES string of the molecule is COc1c[nH]c(C)cc1=S. The Kier molecular flexibility index (Phi) is 2.06. The molecule has 1 N–H and O–H groups in total. The van der Waals surface area contributed by atoms with Crippen molar-refractivity contribution in [3.63, 3.8) is 0 Å². The van der Waals surface area contributed by atoms with Gasteiger partial charge in [-0.15, -0.1) is 0 Å². The monoisotopic (exact) mass is 155 g/mol. The molecule has 0 radical (unpaired) electrons. The predicted molar refractivity (Wildman–Crippen MR) is 42.9 cm³/mol. The highest BCUT2D eigenvalue weighted by atomic mass is 32.1. The van der Waals surface area contributed by atoms with Crippen molar-refractivity contribution in [3.8, 4) is 5.75 Å². The van der Waals surface area contributed by atoms with Crippen molar-refractivity contribution >= 4 is 12.2 Å². The van der Waals surface area contributed by atoms with Crippen molar-refractivity contribution in [1.82, 2.24) is 4.98 Å². The zero-order valence-electron chi connectivity index (χ0n) is 5.97. The third-order valence-electron chi connectivity index (χ3n) is 1.24. The van der Waals surface area contributed by atoms with Gasteiger partial charge >= 0.3 is 0 Å². The number of methoxy groups -OCH3 is 1. The van der Waals surface area contributed by atoms with Gasteiger partial charge in [-0.05, 0) is 13.0 Å². The van der Waals surface area contributed by atoms with E-state index in [0.717, 1.165) is 16.0 Å². The number of hydrogen-bond acceptors (Lipinski definition) is 2. The van der Waals surface area contributed by atoms with Crippen LogP contribution in [0.1, 0.15) is 5.69 Å². The van der Waals surface area contributed by atoms with Gasteiger partial charge in [-0.2, -0.15) is 0 Å². The van der Waals surface area contributed by atoms with Crippen molar-refractivity contribution in [2.75, 3.05) is 7.11 Å². The Hall–Kier alpha value is -0.830. The van der Waals surface area contributed by atoms with E-state index in [0.29, 0.717) is 0 Å². The van der Waals surface area contributed by atoms with Gasteiger partial charge in [0.05, 0.1) is 11.6 Å². The lowest BCUT2D eigenvalue weighted by molar-refractivity contribution is 0.411. The molecule has 0 saturated heterocycles. The fourth-order valence-corrected chi connectivity index (χ4v) is 1.04. The molecule has 1 rings (SSSR count). The van der Waals surface area contributed by atoms with Crippen molar-refractivity contribution < 1.29 is 4.74 Å². The van der Waals surface area contributed by atoms with E-state index in [9.17, 15) is 0 Å². The van der Waals surface area contributed by atoms with Crippen LogP contribution in [0.25, 0.3) is 0 Å². The lowest BCUT2D eigenvalue weighted by atomic mass is 10.4. The molecule has 3 heteroatoms. The molecule has 0 aromatic carbocycles. The lowest BCUT2D eigenvalue weighted by Gasteiger charge is -1.98. The maximum absolute atomic E-state index is 4.99. The molecule has 2 nitrogen and oxygen atoms in total. The van der Waals surface area contributed by atoms with Gasteiger partial charge in [0.15, 0.2) is 5.75 Å². The van der Waals surface area contributed by atoms with Crippen LogP contribution >= 0.6 is 12.2 Å². The number of aromatic amines is 1. The van der Waals surface area contributed by atoms with Crippen LogP contribution in [0.5, 0.6) is 5.75 Å². The van der Waals surface area contributed by atoms with Crippen LogP contribution in [0.3, 0.4) is 0 Å². The van der Waals surface area contributed by atoms with Gasteiger partial charge in [0.2, 0.25) is 0 Å². The summed E-state index contributed by atoms with van der Waals surface area (Å²) in [7, 11) is 1.61. The molecule has 0 amide bonds. The molecule has 0 atom stereocenters. The van der Waals surface area contributed by atoms with E-state index < -0.39 is 0 Å². The van der Waals surface area contributed by atoms with E-state index in [1.165, 1.54) is 0 Å². The first-order valence-electron chi connectivity index (χ1n) is 2.97. The van der Waals surface area contributed by atoms with Gasteiger partial charge in [0.25, 0.3) is 0 Å². The zero-order chi connectivity index (χ0) is 7.56. The highest BCUT2D eigenvalue weighted by Gasteiger charge is 1.91. The van der Waals surface area contributed by atoms with Gasteiger partial charge in [0.1, 0.15) is 0 Å². The standard InChI is InChI=1S/C7H9NOS/c1-5-3-7(10)6(9-2)4-8-5/h3-4H,1-2H3,(H,8,10). The average molecular weight is 155 g/mol. The summed E-state index contributed by atoms with van der Waals surface area (Å²) in [4.78, 5) is 3.00. The van der Waals surface area contributed by atoms with Crippen molar-refractivity contribution in [2.45, 2.75) is 6.92 Å². The van der Waals surface area contributed by atoms with Gasteiger partial charge in [-0.3, -0.25) is 0 Å². The molecule has 1 heterocycles. The first-order valence-corrected chi connectivity index (χ1v) is 3.38. The summed E-state index contributed by atoms with van der Waals surface area (Å²) < 4.78 is 5.71. The Balaban J connectivity index is 3.20. The van der Waals surface area contributed by atoms with Crippen LogP contribution in [-0.2, 0) is 0 Å². The number of aromatic nitrogens is 1. The minimum atomic E-state index is 0.723. The highest BCUT2D eigenvalue weighted by Crippen LogP contribution is 2.10. The molecule has 0 saturated carbocycles. The molecule has 54 valence electrons. The van der Waals surface area contributed by atoms with Crippen LogP contribution < -0.4 is 4.74 Å². The van der Waals surface area contributed by atoms with Crippen LogP contribution in [0.15, 0.2) is 12.3 Å². The summed E-state index contributed by atoms with van der Waals surface area (Å²) in [6.07, 6.45) is 1.76. The maximum Gasteiger partial charge on any atom is 0.152 e. The fourth-order valence-electron chi connectivity index (χ4n) is 0.719. The van der Waals surface area contributed by atoms with E-state index >= 15 is 0 Å². The largest absolute Gasteiger partial charge is 0.494 e. The minimum Gasteiger partial charge on any atom is -0.494 e. The smallest absolute Gasteiger partial charge is 0.152 e. The third-order valence-corrected chi connectivity index (χ3v) is 1.56. The van der Waals surface area contributed by atoms with E-state index in [4.69, 9.17) is 17.0 Å². The Morgan fingerprint density at radius 1 is 1.60 bits per heavy atom. The molecule has 0 aliphatic carbocycles. The molecule has 10 heavy (non-hydrogen) atoms. The number of hydrogen-bond donors (Lipinski definition) is 1. The van der Waals surface area contributed by atoms with E-state index in [1.807, 2.05) is 13.0 Å². The number of rotatable bonds is 1. The molecule has 0 fully saturated rings. The first kappa shape index (κ1) is 7.28. The van der Waals surface area contributed by atoms with Crippen LogP contribution in [-0.4, -0.2) is 12.1 Å². The zero-order valence-corrected chi connectivity index (χ0v) is 6.79. The molecule has 1 aromatic rings. The second-order valence-corrected chi connectivity index (χ2v) is 2.49. The number of pyridine rings is 1. The summed E-state index contributed by atoms with van der Waals surface area (Å²) in [5, 5.41) is 0. The molecular weight excluding hydrogens is 146 g/mol. The Morgan fingerprint density at radius 2 is 2.30 bits per heavy atom. The van der Waals surface area contributed by atoms with Crippen molar-refractivity contribution in [3.05, 3.63) is 22.5 Å². The van der Waals surface area contributed by atoms with E-state index in [2.05, 4.69) is 4.98 Å². The van der Waals surface area contributed by atoms with E-state index in [-0.39, 0.29) is 0 Å². The van der Waals surface area contributed by atoms with Gasteiger partial charge in [-0.25, -0.2) is 0 Å². The third kappa shape index (κ3) is 1.36. The number of aryl methyl sites for hydroxylation is 1. The van der Waals surface area contributed by atoms with Crippen LogP contribution in [0.4, 0.5) is 0 Å². The first-order chi connectivity index (χ1) is 4.74. The maximum atomic E-state index is 4.99. The molecule has 0 spiro atoms. The topological polar surface area (TPSA) is 25.0 Å². The van der Waals surface area contributed by atoms with Gasteiger partial charge in [0, 0.05) is 11.9 Å². The molecule has 0 unspecified atom stereocenters. The van der Waals surface area contributed by atoms with Crippen molar-refractivity contribution in [2.24, 2.45) is 0 Å². The van der Waals surface area contributed by atoms with Crippen LogP contribution in [0.2, 0.25) is 0 Å². The Labute approximate surface area is 64.9 Å². The van der Waals surface area contributed by atoms with Crippen LogP contribution in [0, 0.1) is 11.4 Å². The quantitative estimate of drug-likeness (QED) is 0.628. The Morgan fingerprint density at radius 3 is 2.80 bits per heavy atom. The number of ether oxygens (including phenoxy) is 1. The van der Waals surface area contributed by atoms with Crippen molar-refractivity contribution in [1.29, 1.82) is 0 Å². The second-order valence-electron chi connectivity index (χ2n) is 2.05. The van der Waals surface area contributed by atoms with E-state index in [1.54, 1.807) is 13.3 Å². The summed E-state index contributed by atoms with van der Waals surface area (Å²) in [6.45, 7) is 1.95. The molecule has 0 bridgehead atoms. The highest BCUT2D eigenvalue weighted by molar-refractivity contribution is 7.71. The fraction of sp³-hybridized carbons (Fsp3) is 0.286. The number of H-pyrrole nitrogens is 1. The lowest BCUT2D eigenvalue weighted by Crippen LogP contribution is -1.86. The predicted octanol–water partition coefficient (Wildman–Crippen LogP) is 2.06. The Bertz CT molecular complexity index is 279. The summed E-state index contributed by atoms with van der Waals surface area (Å²) in [5.41, 5.74) is 1.05. The summed E-state index contributed by atoms with van der Waals surface area (Å²) in [6, 6.07) is 1.87. The summed E-state index contributed by atoms with van der Waals surface area (Å²) >= 11 is 4.99. The average Bonchev–Trinajstić information content (AvgIpc) is 1.88.